The maximum absolute atomic E-state index is 5.96. The Hall–Kier alpha value is -0.610. The number of nitrogens with zero attached hydrogens (tertiary/aromatic N) is 1. The zero-order valence-corrected chi connectivity index (χ0v) is 9.99. The molecule has 3 nitrogen and oxygen atoms in total. The largest absolute Gasteiger partial charge is 0.378 e. The average molecular weight is 241 g/mol. The van der Waals surface area contributed by atoms with Gasteiger partial charge in [-0.3, -0.25) is 4.90 Å². The number of hydrogen-bond acceptors (Lipinski definition) is 3. The van der Waals surface area contributed by atoms with Crippen molar-refractivity contribution < 1.29 is 4.74 Å². The molecule has 0 aromatic heterocycles. The highest BCUT2D eigenvalue weighted by molar-refractivity contribution is 6.30. The van der Waals surface area contributed by atoms with Crippen LogP contribution in [0.2, 0.25) is 5.02 Å². The number of ether oxygens (including phenoxy) is 1. The van der Waals surface area contributed by atoms with Crippen molar-refractivity contribution in [3.63, 3.8) is 0 Å². The number of morpholine rings is 1. The number of hydrogen-bond donors (Lipinski definition) is 1. The molecule has 0 radical (unpaired) electrons. The van der Waals surface area contributed by atoms with Gasteiger partial charge in [0.2, 0.25) is 0 Å². The summed E-state index contributed by atoms with van der Waals surface area (Å²) < 4.78 is 5.42. The molecule has 0 aliphatic carbocycles. The van der Waals surface area contributed by atoms with Crippen LogP contribution in [0.1, 0.15) is 5.56 Å². The molecule has 0 amide bonds. The van der Waals surface area contributed by atoms with Gasteiger partial charge in [0.15, 0.2) is 0 Å². The highest BCUT2D eigenvalue weighted by Gasteiger charge is 2.21. The molecule has 16 heavy (non-hydrogen) atoms. The van der Waals surface area contributed by atoms with Gasteiger partial charge in [-0.1, -0.05) is 23.7 Å². The van der Waals surface area contributed by atoms with Crippen LogP contribution in [0.4, 0.5) is 0 Å². The molecule has 2 rings (SSSR count). The lowest BCUT2D eigenvalue weighted by atomic mass is 10.1. The Morgan fingerprint density at radius 1 is 1.50 bits per heavy atom. The van der Waals surface area contributed by atoms with Crippen LogP contribution in [0, 0.1) is 0 Å². The van der Waals surface area contributed by atoms with Gasteiger partial charge in [-0.25, -0.2) is 0 Å². The van der Waals surface area contributed by atoms with Crippen molar-refractivity contribution in [3.8, 4) is 0 Å². The summed E-state index contributed by atoms with van der Waals surface area (Å²) in [5.41, 5.74) is 6.96. The normalized spacial score (nSPS) is 22.2. The molecule has 1 atom stereocenters. The van der Waals surface area contributed by atoms with Crippen molar-refractivity contribution in [3.05, 3.63) is 34.9 Å². The zero-order valence-electron chi connectivity index (χ0n) is 9.23. The lowest BCUT2D eigenvalue weighted by molar-refractivity contribution is -0.00792. The molecule has 2 N–H and O–H groups in total. The number of halogens is 1. The van der Waals surface area contributed by atoms with Gasteiger partial charge in [-0.05, 0) is 17.7 Å². The van der Waals surface area contributed by atoms with E-state index in [9.17, 15) is 0 Å². The summed E-state index contributed by atoms with van der Waals surface area (Å²) in [6.07, 6.45) is 0. The minimum Gasteiger partial charge on any atom is -0.378 e. The molecule has 0 bridgehead atoms. The third-order valence-electron chi connectivity index (χ3n) is 2.90. The van der Waals surface area contributed by atoms with Crippen LogP contribution in [-0.4, -0.2) is 37.2 Å². The van der Waals surface area contributed by atoms with Crippen LogP contribution in [0.3, 0.4) is 0 Å². The molecule has 1 heterocycles. The Bertz CT molecular complexity index is 346. The molecule has 0 saturated carbocycles. The van der Waals surface area contributed by atoms with Crippen LogP contribution in [0.5, 0.6) is 0 Å². The standard InChI is InChI=1S/C12H17ClN2O/c13-11-3-1-2-10(6-11)8-15-4-5-16-9-12(15)7-14/h1-3,6,12H,4-5,7-9,14H2. The Morgan fingerprint density at radius 3 is 3.12 bits per heavy atom. The van der Waals surface area contributed by atoms with E-state index in [-0.39, 0.29) is 0 Å². The topological polar surface area (TPSA) is 38.5 Å². The maximum atomic E-state index is 5.96. The second-order valence-electron chi connectivity index (χ2n) is 4.06. The summed E-state index contributed by atoms with van der Waals surface area (Å²) >= 11 is 5.96. The van der Waals surface area contributed by atoms with Crippen molar-refractivity contribution in [2.24, 2.45) is 5.73 Å². The first kappa shape index (κ1) is 11.9. The third kappa shape index (κ3) is 2.95. The number of rotatable bonds is 3. The molecule has 1 fully saturated rings. The fourth-order valence-electron chi connectivity index (χ4n) is 1.98. The van der Waals surface area contributed by atoms with E-state index in [0.717, 1.165) is 31.3 Å². The Labute approximate surface area is 101 Å². The summed E-state index contributed by atoms with van der Waals surface area (Å²) in [6, 6.07) is 8.30. The summed E-state index contributed by atoms with van der Waals surface area (Å²) in [4.78, 5) is 2.36. The van der Waals surface area contributed by atoms with Gasteiger partial charge < -0.3 is 10.5 Å². The molecule has 1 unspecified atom stereocenters. The van der Waals surface area contributed by atoms with E-state index in [4.69, 9.17) is 22.1 Å². The summed E-state index contributed by atoms with van der Waals surface area (Å²) in [5, 5.41) is 0.787. The Kier molecular flexibility index (Phi) is 4.18. The Morgan fingerprint density at radius 2 is 2.38 bits per heavy atom. The van der Waals surface area contributed by atoms with Crippen molar-refractivity contribution >= 4 is 11.6 Å². The SMILES string of the molecule is NCC1COCCN1Cc1cccc(Cl)c1. The fourth-order valence-corrected chi connectivity index (χ4v) is 2.20. The minimum atomic E-state index is 0.327. The summed E-state index contributed by atoms with van der Waals surface area (Å²) in [7, 11) is 0. The van der Waals surface area contributed by atoms with Crippen molar-refractivity contribution in [1.82, 2.24) is 4.90 Å². The van der Waals surface area contributed by atoms with Gasteiger partial charge in [0, 0.05) is 30.7 Å². The molecule has 0 spiro atoms. The molecule has 1 saturated heterocycles. The first-order valence-electron chi connectivity index (χ1n) is 5.56. The second kappa shape index (κ2) is 5.64. The van der Waals surface area contributed by atoms with Gasteiger partial charge in [-0.15, -0.1) is 0 Å². The quantitative estimate of drug-likeness (QED) is 0.870. The monoisotopic (exact) mass is 240 g/mol. The van der Waals surface area contributed by atoms with Crippen molar-refractivity contribution in [2.75, 3.05) is 26.3 Å². The molecule has 1 aromatic carbocycles. The van der Waals surface area contributed by atoms with E-state index in [0.29, 0.717) is 12.6 Å². The van der Waals surface area contributed by atoms with E-state index < -0.39 is 0 Å². The van der Waals surface area contributed by atoms with E-state index in [1.54, 1.807) is 0 Å². The molecule has 4 heteroatoms. The first-order chi connectivity index (χ1) is 7.79. The lowest BCUT2D eigenvalue weighted by Gasteiger charge is -2.34. The summed E-state index contributed by atoms with van der Waals surface area (Å²) in [5.74, 6) is 0. The minimum absolute atomic E-state index is 0.327. The van der Waals surface area contributed by atoms with E-state index >= 15 is 0 Å². The van der Waals surface area contributed by atoms with Crippen LogP contribution < -0.4 is 5.73 Å². The van der Waals surface area contributed by atoms with Gasteiger partial charge in [0.05, 0.1) is 13.2 Å². The summed E-state index contributed by atoms with van der Waals surface area (Å²) in [6.45, 7) is 3.99. The molecule has 88 valence electrons. The molecule has 1 aliphatic heterocycles. The second-order valence-corrected chi connectivity index (χ2v) is 4.50. The van der Waals surface area contributed by atoms with E-state index in [1.165, 1.54) is 5.56 Å². The Balaban J connectivity index is 2.02. The predicted molar refractivity (Wildman–Crippen MR) is 65.5 cm³/mol. The van der Waals surface area contributed by atoms with E-state index in [2.05, 4.69) is 11.0 Å². The molecule has 1 aliphatic rings. The van der Waals surface area contributed by atoms with Crippen molar-refractivity contribution in [2.45, 2.75) is 12.6 Å². The zero-order chi connectivity index (χ0) is 11.4. The lowest BCUT2D eigenvalue weighted by Crippen LogP contribution is -2.48. The number of benzene rings is 1. The van der Waals surface area contributed by atoms with Gasteiger partial charge >= 0.3 is 0 Å². The smallest absolute Gasteiger partial charge is 0.0634 e. The van der Waals surface area contributed by atoms with E-state index in [1.807, 2.05) is 18.2 Å². The van der Waals surface area contributed by atoms with Gasteiger partial charge in [0.25, 0.3) is 0 Å². The molecular weight excluding hydrogens is 224 g/mol. The molecule has 1 aromatic rings. The number of nitrogens with two attached hydrogens (primary N) is 1. The highest BCUT2D eigenvalue weighted by Crippen LogP contribution is 2.15. The molecular formula is C12H17ClN2O. The maximum Gasteiger partial charge on any atom is 0.0634 e. The van der Waals surface area contributed by atoms with Crippen LogP contribution >= 0.6 is 11.6 Å². The van der Waals surface area contributed by atoms with Gasteiger partial charge in [-0.2, -0.15) is 0 Å². The average Bonchev–Trinajstić information content (AvgIpc) is 2.30. The van der Waals surface area contributed by atoms with Crippen LogP contribution in [0.15, 0.2) is 24.3 Å². The third-order valence-corrected chi connectivity index (χ3v) is 3.13. The van der Waals surface area contributed by atoms with Crippen LogP contribution in [-0.2, 0) is 11.3 Å². The van der Waals surface area contributed by atoms with Gasteiger partial charge in [0.1, 0.15) is 0 Å². The predicted octanol–water partition coefficient (Wildman–Crippen LogP) is 1.50. The first-order valence-corrected chi connectivity index (χ1v) is 5.93. The van der Waals surface area contributed by atoms with Crippen LogP contribution in [0.25, 0.3) is 0 Å². The van der Waals surface area contributed by atoms with Crippen molar-refractivity contribution in [1.29, 1.82) is 0 Å². The highest BCUT2D eigenvalue weighted by atomic mass is 35.5. The fraction of sp³-hybridized carbons (Fsp3) is 0.500.